The average Bonchev–Trinajstić information content (AvgIpc) is 2.48. The monoisotopic (exact) mass is 168 g/mol. The van der Waals surface area contributed by atoms with Crippen LogP contribution < -0.4 is 10.4 Å². The lowest BCUT2D eigenvalue weighted by Gasteiger charge is -2.20. The number of fused-ring (bicyclic) bond motifs is 1. The summed E-state index contributed by atoms with van der Waals surface area (Å²) in [5.74, 6) is -0.681. The van der Waals surface area contributed by atoms with Gasteiger partial charge in [-0.1, -0.05) is 0 Å². The SMILES string of the molecule is O=C1NC(=O)[NH+]([O-])c2[nH]cnc21. The molecule has 0 aliphatic carbocycles. The van der Waals surface area contributed by atoms with Gasteiger partial charge in [-0.05, 0) is 0 Å². The van der Waals surface area contributed by atoms with Crippen molar-refractivity contribution in [3.8, 4) is 0 Å². The summed E-state index contributed by atoms with van der Waals surface area (Å²) in [4.78, 5) is 27.7. The smallest absolute Gasteiger partial charge is 0.428 e. The second kappa shape index (κ2) is 2.13. The number of H-pyrrole nitrogens is 1. The summed E-state index contributed by atoms with van der Waals surface area (Å²) in [5, 5.41) is 12.1. The first kappa shape index (κ1) is 6.95. The largest absolute Gasteiger partial charge is 0.619 e. The van der Waals surface area contributed by atoms with Gasteiger partial charge < -0.3 is 5.21 Å². The predicted octanol–water partition coefficient (Wildman–Crippen LogP) is -1.71. The molecule has 1 aromatic rings. The molecule has 12 heavy (non-hydrogen) atoms. The average molecular weight is 168 g/mol. The molecule has 0 spiro atoms. The van der Waals surface area contributed by atoms with Gasteiger partial charge in [-0.15, -0.1) is 0 Å². The van der Waals surface area contributed by atoms with Crippen LogP contribution in [0.3, 0.4) is 0 Å². The molecule has 3 N–H and O–H groups in total. The number of carbonyl (C=O) groups is 2. The predicted molar refractivity (Wildman–Crippen MR) is 35.4 cm³/mol. The Morgan fingerprint density at radius 3 is 3.00 bits per heavy atom. The van der Waals surface area contributed by atoms with Crippen LogP contribution in [-0.4, -0.2) is 21.9 Å². The number of imide groups is 1. The number of hydrogen-bond donors (Lipinski definition) is 3. The van der Waals surface area contributed by atoms with E-state index in [1.165, 1.54) is 6.33 Å². The molecule has 0 fully saturated rings. The van der Waals surface area contributed by atoms with E-state index in [2.05, 4.69) is 9.97 Å². The summed E-state index contributed by atoms with van der Waals surface area (Å²) in [6, 6.07) is -0.920. The molecule has 0 saturated carbocycles. The van der Waals surface area contributed by atoms with Gasteiger partial charge in [-0.3, -0.25) is 9.78 Å². The Bertz CT molecular complexity index is 357. The molecule has 7 nitrogen and oxygen atoms in total. The molecule has 1 unspecified atom stereocenters. The third kappa shape index (κ3) is 0.742. The molecule has 1 aliphatic heterocycles. The van der Waals surface area contributed by atoms with Crippen molar-refractivity contribution in [2.45, 2.75) is 0 Å². The first-order valence-corrected chi connectivity index (χ1v) is 3.13. The van der Waals surface area contributed by atoms with E-state index in [0.717, 1.165) is 0 Å². The van der Waals surface area contributed by atoms with E-state index in [1.54, 1.807) is 0 Å². The van der Waals surface area contributed by atoms with E-state index in [1.807, 2.05) is 5.32 Å². The minimum atomic E-state index is -0.920. The molecular formula is C5H4N4O3. The molecule has 1 aliphatic rings. The topological polar surface area (TPSA) is 102 Å². The molecule has 7 heteroatoms. The fourth-order valence-corrected chi connectivity index (χ4v) is 0.972. The van der Waals surface area contributed by atoms with Crippen molar-refractivity contribution in [3.63, 3.8) is 0 Å². The van der Waals surface area contributed by atoms with Crippen molar-refractivity contribution in [3.05, 3.63) is 17.2 Å². The summed E-state index contributed by atoms with van der Waals surface area (Å²) < 4.78 is 0. The van der Waals surface area contributed by atoms with Crippen LogP contribution in [0, 0.1) is 5.21 Å². The van der Waals surface area contributed by atoms with Crippen molar-refractivity contribution < 1.29 is 14.7 Å². The van der Waals surface area contributed by atoms with Crippen LogP contribution in [0.15, 0.2) is 6.33 Å². The lowest BCUT2D eigenvalue weighted by atomic mass is 10.3. The Kier molecular flexibility index (Phi) is 1.23. The fraction of sp³-hybridized carbons (Fsp3) is 0. The molecule has 1 atom stereocenters. The van der Waals surface area contributed by atoms with Crippen LogP contribution in [0.25, 0.3) is 0 Å². The summed E-state index contributed by atoms with van der Waals surface area (Å²) in [5.41, 5.74) is -0.0281. The van der Waals surface area contributed by atoms with E-state index >= 15 is 0 Å². The number of aromatic amines is 1. The quantitative estimate of drug-likeness (QED) is 0.401. The molecule has 1 aromatic heterocycles. The molecule has 2 rings (SSSR count). The van der Waals surface area contributed by atoms with Gasteiger partial charge in [0.2, 0.25) is 11.5 Å². The number of nitrogens with zero attached hydrogens (tertiary/aromatic N) is 1. The maximum absolute atomic E-state index is 11.0. The first-order chi connectivity index (χ1) is 5.70. The Morgan fingerprint density at radius 2 is 2.25 bits per heavy atom. The molecule has 3 amide bonds. The van der Waals surface area contributed by atoms with E-state index in [4.69, 9.17) is 0 Å². The Labute approximate surface area is 66.0 Å². The van der Waals surface area contributed by atoms with Gasteiger partial charge in [0.15, 0.2) is 0 Å². The van der Waals surface area contributed by atoms with Crippen LogP contribution in [0.2, 0.25) is 0 Å². The summed E-state index contributed by atoms with van der Waals surface area (Å²) in [6.45, 7) is 0. The van der Waals surface area contributed by atoms with Crippen molar-refractivity contribution in [2.24, 2.45) is 0 Å². The first-order valence-electron chi connectivity index (χ1n) is 3.13. The second-order valence-corrected chi connectivity index (χ2v) is 2.24. The zero-order chi connectivity index (χ0) is 8.72. The molecule has 0 aromatic carbocycles. The Morgan fingerprint density at radius 1 is 1.50 bits per heavy atom. The standard InChI is InChI=1S/C5H4N4O3/c10-4-2-3(7-1-6-2)9(12)5(11)8-4/h1,9H,(H,6,7)(H,8,10,11). The highest BCUT2D eigenvalue weighted by atomic mass is 16.5. The Balaban J connectivity index is 2.57. The van der Waals surface area contributed by atoms with Crippen LogP contribution in [0.5, 0.6) is 0 Å². The second-order valence-electron chi connectivity index (χ2n) is 2.24. The normalized spacial score (nSPS) is 21.9. The molecule has 0 radical (unpaired) electrons. The maximum Gasteiger partial charge on any atom is 0.428 e. The van der Waals surface area contributed by atoms with E-state index in [-0.39, 0.29) is 11.5 Å². The molecular weight excluding hydrogens is 164 g/mol. The Hall–Kier alpha value is -1.73. The highest BCUT2D eigenvalue weighted by Gasteiger charge is 2.32. The van der Waals surface area contributed by atoms with Crippen molar-refractivity contribution >= 4 is 17.8 Å². The van der Waals surface area contributed by atoms with Gasteiger partial charge >= 0.3 is 6.03 Å². The van der Waals surface area contributed by atoms with Gasteiger partial charge in [-0.2, -0.15) is 0 Å². The number of hydrogen-bond acceptors (Lipinski definition) is 4. The van der Waals surface area contributed by atoms with Gasteiger partial charge in [0.1, 0.15) is 0 Å². The van der Waals surface area contributed by atoms with Gasteiger partial charge in [0.25, 0.3) is 5.91 Å². The number of imidazole rings is 1. The van der Waals surface area contributed by atoms with Crippen LogP contribution in [0.4, 0.5) is 10.6 Å². The molecule has 62 valence electrons. The van der Waals surface area contributed by atoms with E-state index in [9.17, 15) is 14.8 Å². The van der Waals surface area contributed by atoms with Gasteiger partial charge in [0, 0.05) is 0 Å². The van der Waals surface area contributed by atoms with Gasteiger partial charge in [-0.25, -0.2) is 20.2 Å². The van der Waals surface area contributed by atoms with Crippen LogP contribution >= 0.6 is 0 Å². The minimum Gasteiger partial charge on any atom is -0.619 e. The third-order valence-corrected chi connectivity index (χ3v) is 1.51. The lowest BCUT2D eigenvalue weighted by Crippen LogP contribution is -3.08. The third-order valence-electron chi connectivity index (χ3n) is 1.51. The number of hydroxylamine groups is 1. The lowest BCUT2D eigenvalue weighted by molar-refractivity contribution is -0.685. The number of aromatic nitrogens is 2. The van der Waals surface area contributed by atoms with Crippen molar-refractivity contribution in [1.29, 1.82) is 0 Å². The molecule has 2 heterocycles. The van der Waals surface area contributed by atoms with Crippen molar-refractivity contribution in [1.82, 2.24) is 15.3 Å². The zero-order valence-corrected chi connectivity index (χ0v) is 5.75. The van der Waals surface area contributed by atoms with Crippen LogP contribution in [0.1, 0.15) is 10.5 Å². The van der Waals surface area contributed by atoms with Crippen molar-refractivity contribution in [2.75, 3.05) is 0 Å². The summed E-state index contributed by atoms with van der Waals surface area (Å²) in [7, 11) is 0. The van der Waals surface area contributed by atoms with Gasteiger partial charge in [0.05, 0.1) is 6.33 Å². The number of quaternary nitrogens is 1. The number of rotatable bonds is 0. The number of nitrogens with one attached hydrogen (secondary N) is 3. The maximum atomic E-state index is 11.0. The molecule has 0 saturated heterocycles. The summed E-state index contributed by atoms with van der Waals surface area (Å²) in [6.07, 6.45) is 1.20. The summed E-state index contributed by atoms with van der Waals surface area (Å²) >= 11 is 0. The van der Waals surface area contributed by atoms with E-state index in [0.29, 0.717) is 0 Å². The number of carbonyl (C=O) groups excluding carboxylic acids is 2. The van der Waals surface area contributed by atoms with E-state index < -0.39 is 17.0 Å². The van der Waals surface area contributed by atoms with Crippen LogP contribution in [-0.2, 0) is 0 Å². The molecule has 0 bridgehead atoms. The fourth-order valence-electron chi connectivity index (χ4n) is 0.972. The number of urea groups is 1. The minimum absolute atomic E-state index is 0.0281. The highest BCUT2D eigenvalue weighted by molar-refractivity contribution is 6.06. The highest BCUT2D eigenvalue weighted by Crippen LogP contribution is 2.05. The number of amides is 3. The zero-order valence-electron chi connectivity index (χ0n) is 5.75.